The van der Waals surface area contributed by atoms with Crippen LogP contribution in [0.4, 0.5) is 0 Å². The molecule has 1 aromatic carbocycles. The third-order valence-corrected chi connectivity index (χ3v) is 3.06. The molecule has 88 valence electrons. The van der Waals surface area contributed by atoms with Gasteiger partial charge in [-0.05, 0) is 17.2 Å². The van der Waals surface area contributed by atoms with Crippen molar-refractivity contribution >= 4 is 0 Å². The SMILES string of the molecule is c1cc(-c2ccc(C3CNCCO3)cc2)co1. The zero-order chi connectivity index (χ0) is 11.5. The summed E-state index contributed by atoms with van der Waals surface area (Å²) in [6.07, 6.45) is 3.63. The van der Waals surface area contributed by atoms with Crippen LogP contribution in [0.3, 0.4) is 0 Å². The average Bonchev–Trinajstić information content (AvgIpc) is 2.94. The molecule has 2 heterocycles. The highest BCUT2D eigenvalue weighted by Crippen LogP contribution is 2.24. The second kappa shape index (κ2) is 4.73. The van der Waals surface area contributed by atoms with Crippen LogP contribution in [0.5, 0.6) is 0 Å². The fourth-order valence-electron chi connectivity index (χ4n) is 2.10. The fourth-order valence-corrected chi connectivity index (χ4v) is 2.10. The molecule has 0 saturated carbocycles. The van der Waals surface area contributed by atoms with Crippen LogP contribution in [0.2, 0.25) is 0 Å². The van der Waals surface area contributed by atoms with E-state index in [4.69, 9.17) is 9.15 Å². The monoisotopic (exact) mass is 229 g/mol. The zero-order valence-corrected chi connectivity index (χ0v) is 9.56. The Morgan fingerprint density at radius 1 is 1.06 bits per heavy atom. The van der Waals surface area contributed by atoms with Crippen molar-refractivity contribution in [3.63, 3.8) is 0 Å². The summed E-state index contributed by atoms with van der Waals surface area (Å²) in [6.45, 7) is 2.63. The number of ether oxygens (including phenoxy) is 1. The summed E-state index contributed by atoms with van der Waals surface area (Å²) in [6, 6.07) is 10.4. The van der Waals surface area contributed by atoms with Crippen LogP contribution >= 0.6 is 0 Å². The summed E-state index contributed by atoms with van der Waals surface area (Å²) in [7, 11) is 0. The van der Waals surface area contributed by atoms with Crippen molar-refractivity contribution in [3.05, 3.63) is 48.4 Å². The van der Waals surface area contributed by atoms with Crippen LogP contribution in [-0.2, 0) is 4.74 Å². The molecule has 3 nitrogen and oxygen atoms in total. The Morgan fingerprint density at radius 3 is 2.59 bits per heavy atom. The maximum atomic E-state index is 5.71. The van der Waals surface area contributed by atoms with E-state index in [0.29, 0.717) is 0 Å². The Labute approximate surface area is 100 Å². The number of benzene rings is 1. The Kier molecular flexibility index (Phi) is 2.94. The Hall–Kier alpha value is -1.58. The Bertz CT molecular complexity index is 455. The lowest BCUT2D eigenvalue weighted by atomic mass is 10.0. The van der Waals surface area contributed by atoms with Crippen LogP contribution in [-0.4, -0.2) is 19.7 Å². The quantitative estimate of drug-likeness (QED) is 0.859. The van der Waals surface area contributed by atoms with Gasteiger partial charge in [0.25, 0.3) is 0 Å². The number of hydrogen-bond donors (Lipinski definition) is 1. The van der Waals surface area contributed by atoms with Crippen LogP contribution in [0, 0.1) is 0 Å². The van der Waals surface area contributed by atoms with Crippen molar-refractivity contribution in [2.45, 2.75) is 6.10 Å². The molecule has 2 aromatic rings. The minimum absolute atomic E-state index is 0.183. The lowest BCUT2D eigenvalue weighted by Gasteiger charge is -2.24. The van der Waals surface area contributed by atoms with Gasteiger partial charge in [0.05, 0.1) is 25.2 Å². The Balaban J connectivity index is 1.80. The van der Waals surface area contributed by atoms with Gasteiger partial charge >= 0.3 is 0 Å². The smallest absolute Gasteiger partial charge is 0.0980 e. The number of furan rings is 1. The van der Waals surface area contributed by atoms with E-state index >= 15 is 0 Å². The standard InChI is InChI=1S/C14H15NO2/c1-3-12(14-9-15-6-8-17-14)4-2-11(1)13-5-7-16-10-13/h1-5,7,10,14-15H,6,8-9H2. The van der Waals surface area contributed by atoms with E-state index in [0.717, 1.165) is 25.3 Å². The van der Waals surface area contributed by atoms with Gasteiger partial charge in [-0.3, -0.25) is 0 Å². The minimum Gasteiger partial charge on any atom is -0.472 e. The van der Waals surface area contributed by atoms with Crippen molar-refractivity contribution in [2.24, 2.45) is 0 Å². The predicted octanol–water partition coefficient (Wildman–Crippen LogP) is 2.61. The molecule has 1 unspecified atom stereocenters. The predicted molar refractivity (Wildman–Crippen MR) is 65.7 cm³/mol. The minimum atomic E-state index is 0.183. The third-order valence-electron chi connectivity index (χ3n) is 3.06. The lowest BCUT2D eigenvalue weighted by molar-refractivity contribution is 0.0277. The first-order valence-corrected chi connectivity index (χ1v) is 5.88. The summed E-state index contributed by atoms with van der Waals surface area (Å²) in [5.74, 6) is 0. The van der Waals surface area contributed by atoms with Crippen molar-refractivity contribution < 1.29 is 9.15 Å². The van der Waals surface area contributed by atoms with Gasteiger partial charge in [0.15, 0.2) is 0 Å². The lowest BCUT2D eigenvalue weighted by Crippen LogP contribution is -2.33. The van der Waals surface area contributed by atoms with Gasteiger partial charge in [-0.15, -0.1) is 0 Å². The van der Waals surface area contributed by atoms with Crippen molar-refractivity contribution in [2.75, 3.05) is 19.7 Å². The van der Waals surface area contributed by atoms with Gasteiger partial charge in [-0.1, -0.05) is 24.3 Å². The van der Waals surface area contributed by atoms with E-state index in [1.54, 1.807) is 12.5 Å². The second-order valence-corrected chi connectivity index (χ2v) is 4.20. The molecule has 17 heavy (non-hydrogen) atoms. The largest absolute Gasteiger partial charge is 0.472 e. The molecule has 0 bridgehead atoms. The third kappa shape index (κ3) is 2.25. The van der Waals surface area contributed by atoms with E-state index in [-0.39, 0.29) is 6.10 Å². The number of hydrogen-bond acceptors (Lipinski definition) is 3. The molecular formula is C14H15NO2. The van der Waals surface area contributed by atoms with Crippen LogP contribution in [0.15, 0.2) is 47.3 Å². The van der Waals surface area contributed by atoms with Gasteiger partial charge in [-0.2, -0.15) is 0 Å². The average molecular weight is 229 g/mol. The van der Waals surface area contributed by atoms with Crippen LogP contribution in [0.25, 0.3) is 11.1 Å². The van der Waals surface area contributed by atoms with Crippen molar-refractivity contribution in [1.29, 1.82) is 0 Å². The van der Waals surface area contributed by atoms with Gasteiger partial charge in [0.1, 0.15) is 0 Å². The topological polar surface area (TPSA) is 34.4 Å². The summed E-state index contributed by atoms with van der Waals surface area (Å²) >= 11 is 0. The molecule has 0 radical (unpaired) electrons. The summed E-state index contributed by atoms with van der Waals surface area (Å²) < 4.78 is 10.8. The van der Waals surface area contributed by atoms with Gasteiger partial charge < -0.3 is 14.5 Å². The molecule has 1 fully saturated rings. The highest BCUT2D eigenvalue weighted by Gasteiger charge is 2.15. The number of nitrogens with one attached hydrogen (secondary N) is 1. The molecule has 0 amide bonds. The molecule has 3 heteroatoms. The van der Waals surface area contributed by atoms with E-state index in [9.17, 15) is 0 Å². The summed E-state index contributed by atoms with van der Waals surface area (Å²) in [4.78, 5) is 0. The highest BCUT2D eigenvalue weighted by atomic mass is 16.5. The van der Waals surface area contributed by atoms with E-state index in [2.05, 4.69) is 29.6 Å². The second-order valence-electron chi connectivity index (χ2n) is 4.20. The summed E-state index contributed by atoms with van der Waals surface area (Å²) in [5.41, 5.74) is 3.51. The van der Waals surface area contributed by atoms with Crippen LogP contribution in [0.1, 0.15) is 11.7 Å². The Morgan fingerprint density at radius 2 is 1.94 bits per heavy atom. The maximum Gasteiger partial charge on any atom is 0.0980 e. The molecule has 1 aliphatic rings. The maximum absolute atomic E-state index is 5.71. The molecule has 1 aliphatic heterocycles. The molecule has 1 atom stereocenters. The van der Waals surface area contributed by atoms with Crippen molar-refractivity contribution in [1.82, 2.24) is 5.32 Å². The number of morpholine rings is 1. The molecule has 1 saturated heterocycles. The number of rotatable bonds is 2. The first kappa shape index (κ1) is 10.6. The first-order valence-electron chi connectivity index (χ1n) is 5.88. The van der Waals surface area contributed by atoms with Gasteiger partial charge in [0, 0.05) is 18.7 Å². The fraction of sp³-hybridized carbons (Fsp3) is 0.286. The van der Waals surface area contributed by atoms with E-state index in [1.807, 2.05) is 6.07 Å². The normalized spacial score (nSPS) is 20.4. The van der Waals surface area contributed by atoms with E-state index in [1.165, 1.54) is 11.1 Å². The molecule has 1 N–H and O–H groups in total. The van der Waals surface area contributed by atoms with E-state index < -0.39 is 0 Å². The molecular weight excluding hydrogens is 214 g/mol. The van der Waals surface area contributed by atoms with Gasteiger partial charge in [0.2, 0.25) is 0 Å². The molecule has 3 rings (SSSR count). The van der Waals surface area contributed by atoms with Gasteiger partial charge in [-0.25, -0.2) is 0 Å². The molecule has 0 spiro atoms. The summed E-state index contributed by atoms with van der Waals surface area (Å²) in [5, 5.41) is 3.34. The first-order chi connectivity index (χ1) is 8.43. The molecule has 1 aromatic heterocycles. The highest BCUT2D eigenvalue weighted by molar-refractivity contribution is 5.62. The zero-order valence-electron chi connectivity index (χ0n) is 9.56. The van der Waals surface area contributed by atoms with Crippen molar-refractivity contribution in [3.8, 4) is 11.1 Å². The van der Waals surface area contributed by atoms with Crippen LogP contribution < -0.4 is 5.32 Å². The molecule has 0 aliphatic carbocycles.